The molecule has 134 valence electrons. The molecule has 0 aliphatic rings. The average molecular weight is 375 g/mol. The second-order valence-corrected chi connectivity index (χ2v) is 5.72. The van der Waals surface area contributed by atoms with Crippen LogP contribution in [0, 0.1) is 17.0 Å². The van der Waals surface area contributed by atoms with E-state index in [1.165, 1.54) is 24.4 Å². The molecule has 26 heavy (non-hydrogen) atoms. The number of nitrogens with zero attached hydrogens (tertiary/aromatic N) is 2. The maximum atomic E-state index is 11.9. The lowest BCUT2D eigenvalue weighted by atomic mass is 10.1. The predicted molar refractivity (Wildman–Crippen MR) is 97.4 cm³/mol. The molecule has 8 nitrogen and oxygen atoms in total. The number of hydrazone groups is 1. The first-order valence-corrected chi connectivity index (χ1v) is 7.85. The molecule has 2 aromatic rings. The van der Waals surface area contributed by atoms with Crippen LogP contribution in [0.5, 0.6) is 0 Å². The molecular formula is C17H15ClN4O4. The number of nitrogens with one attached hydrogen (secondary N) is 2. The van der Waals surface area contributed by atoms with Crippen molar-refractivity contribution < 1.29 is 14.5 Å². The molecule has 2 amide bonds. The zero-order valence-electron chi connectivity index (χ0n) is 13.7. The molecule has 0 aliphatic carbocycles. The third-order valence-electron chi connectivity index (χ3n) is 3.29. The summed E-state index contributed by atoms with van der Waals surface area (Å²) < 4.78 is 0. The number of amides is 2. The van der Waals surface area contributed by atoms with Crippen LogP contribution in [-0.4, -0.2) is 29.5 Å². The van der Waals surface area contributed by atoms with Crippen molar-refractivity contribution in [3.63, 3.8) is 0 Å². The largest absolute Gasteiger partial charge is 0.343 e. The normalized spacial score (nSPS) is 10.5. The van der Waals surface area contributed by atoms with Gasteiger partial charge < -0.3 is 5.32 Å². The van der Waals surface area contributed by atoms with Gasteiger partial charge in [-0.2, -0.15) is 5.10 Å². The Morgan fingerprint density at radius 3 is 2.58 bits per heavy atom. The monoisotopic (exact) mass is 374 g/mol. The molecule has 0 radical (unpaired) electrons. The van der Waals surface area contributed by atoms with Gasteiger partial charge in [0.2, 0.25) is 0 Å². The second kappa shape index (κ2) is 8.72. The van der Waals surface area contributed by atoms with E-state index in [0.717, 1.165) is 5.56 Å². The van der Waals surface area contributed by atoms with Gasteiger partial charge >= 0.3 is 0 Å². The fourth-order valence-corrected chi connectivity index (χ4v) is 2.12. The summed E-state index contributed by atoms with van der Waals surface area (Å²) in [6.45, 7) is 1.65. The minimum absolute atomic E-state index is 0.00926. The third kappa shape index (κ3) is 5.38. The highest BCUT2D eigenvalue weighted by atomic mass is 35.5. The van der Waals surface area contributed by atoms with E-state index in [2.05, 4.69) is 15.8 Å². The van der Waals surface area contributed by atoms with Crippen LogP contribution in [0.3, 0.4) is 0 Å². The average Bonchev–Trinajstić information content (AvgIpc) is 2.61. The van der Waals surface area contributed by atoms with Crippen molar-refractivity contribution in [1.29, 1.82) is 0 Å². The molecule has 0 atom stereocenters. The van der Waals surface area contributed by atoms with E-state index < -0.39 is 10.8 Å². The fourth-order valence-electron chi connectivity index (χ4n) is 1.94. The minimum Gasteiger partial charge on any atom is -0.343 e. The summed E-state index contributed by atoms with van der Waals surface area (Å²) in [5.74, 6) is -0.914. The Kier molecular flexibility index (Phi) is 6.40. The van der Waals surface area contributed by atoms with Crippen molar-refractivity contribution in [2.75, 3.05) is 6.54 Å². The number of rotatable bonds is 6. The van der Waals surface area contributed by atoms with Gasteiger partial charge in [0.05, 0.1) is 17.7 Å². The smallest absolute Gasteiger partial charge is 0.288 e. The Morgan fingerprint density at radius 2 is 1.92 bits per heavy atom. The van der Waals surface area contributed by atoms with Gasteiger partial charge in [0.25, 0.3) is 17.5 Å². The topological polar surface area (TPSA) is 114 Å². The van der Waals surface area contributed by atoms with Crippen LogP contribution in [0.15, 0.2) is 47.6 Å². The highest BCUT2D eigenvalue weighted by molar-refractivity contribution is 6.32. The number of halogens is 1. The number of benzene rings is 2. The van der Waals surface area contributed by atoms with Gasteiger partial charge in [0.15, 0.2) is 0 Å². The first-order chi connectivity index (χ1) is 12.4. The minimum atomic E-state index is -0.612. The molecular weight excluding hydrogens is 360 g/mol. The number of hydrogen-bond acceptors (Lipinski definition) is 5. The number of hydrogen-bond donors (Lipinski definition) is 2. The van der Waals surface area contributed by atoms with Crippen LogP contribution in [0.25, 0.3) is 0 Å². The number of carbonyl (C=O) groups is 2. The van der Waals surface area contributed by atoms with Crippen LogP contribution in [-0.2, 0) is 4.79 Å². The van der Waals surface area contributed by atoms with Gasteiger partial charge in [-0.15, -0.1) is 0 Å². The van der Waals surface area contributed by atoms with E-state index in [0.29, 0.717) is 11.1 Å². The van der Waals surface area contributed by atoms with Gasteiger partial charge in [-0.05, 0) is 25.1 Å². The maximum absolute atomic E-state index is 11.9. The molecule has 0 aromatic heterocycles. The summed E-state index contributed by atoms with van der Waals surface area (Å²) in [4.78, 5) is 33.8. The fraction of sp³-hybridized carbons (Fsp3) is 0.118. The van der Waals surface area contributed by atoms with Gasteiger partial charge in [-0.3, -0.25) is 19.7 Å². The molecule has 0 heterocycles. The zero-order chi connectivity index (χ0) is 19.1. The Hall–Kier alpha value is -3.26. The molecule has 2 aromatic carbocycles. The lowest BCUT2D eigenvalue weighted by molar-refractivity contribution is -0.384. The van der Waals surface area contributed by atoms with Crippen LogP contribution < -0.4 is 10.7 Å². The van der Waals surface area contributed by atoms with Crippen molar-refractivity contribution in [3.8, 4) is 0 Å². The lowest BCUT2D eigenvalue weighted by Crippen LogP contribution is -2.34. The lowest BCUT2D eigenvalue weighted by Gasteiger charge is -2.04. The Bertz CT molecular complexity index is 866. The molecule has 2 N–H and O–H groups in total. The zero-order valence-corrected chi connectivity index (χ0v) is 14.5. The summed E-state index contributed by atoms with van der Waals surface area (Å²) in [5, 5.41) is 17.0. The van der Waals surface area contributed by atoms with E-state index in [9.17, 15) is 19.7 Å². The second-order valence-electron chi connectivity index (χ2n) is 5.31. The first-order valence-electron chi connectivity index (χ1n) is 7.47. The summed E-state index contributed by atoms with van der Waals surface area (Å²) >= 11 is 5.71. The number of carbonyl (C=O) groups excluding carboxylic acids is 2. The van der Waals surface area contributed by atoms with Crippen LogP contribution in [0.2, 0.25) is 5.02 Å². The summed E-state index contributed by atoms with van der Waals surface area (Å²) in [6.07, 6.45) is 1.24. The third-order valence-corrected chi connectivity index (χ3v) is 3.61. The molecule has 0 fully saturated rings. The van der Waals surface area contributed by atoms with Crippen LogP contribution >= 0.6 is 11.6 Å². The summed E-state index contributed by atoms with van der Waals surface area (Å²) in [6, 6.07) is 11.0. The summed E-state index contributed by atoms with van der Waals surface area (Å²) in [7, 11) is 0. The number of nitro benzene ring substituents is 1. The predicted octanol–water partition coefficient (Wildman–Crippen LogP) is 2.44. The molecule has 9 heteroatoms. The Labute approximate surface area is 154 Å². The Balaban J connectivity index is 1.85. The summed E-state index contributed by atoms with van der Waals surface area (Å²) in [5.41, 5.74) is 3.83. The van der Waals surface area contributed by atoms with Crippen molar-refractivity contribution in [2.45, 2.75) is 6.92 Å². The highest BCUT2D eigenvalue weighted by Crippen LogP contribution is 2.24. The van der Waals surface area contributed by atoms with E-state index in [1.807, 2.05) is 6.92 Å². The van der Waals surface area contributed by atoms with E-state index >= 15 is 0 Å². The van der Waals surface area contributed by atoms with Crippen molar-refractivity contribution in [3.05, 3.63) is 74.3 Å². The molecule has 0 saturated carbocycles. The standard InChI is InChI=1S/C17H15ClN4O4/c1-11-2-5-13(6-3-11)17(24)19-10-16(23)21-20-9-12-4-7-14(18)15(8-12)22(25)26/h2-9H,10H2,1H3,(H,19,24)(H,21,23)/b20-9+. The number of aryl methyl sites for hydroxylation is 1. The van der Waals surface area contributed by atoms with Gasteiger partial charge in [-0.25, -0.2) is 5.43 Å². The SMILES string of the molecule is Cc1ccc(C(=O)NCC(=O)N/N=C/c2ccc(Cl)c([N+](=O)[O-])c2)cc1. The van der Waals surface area contributed by atoms with Crippen LogP contribution in [0.1, 0.15) is 21.5 Å². The maximum Gasteiger partial charge on any atom is 0.288 e. The van der Waals surface area contributed by atoms with Gasteiger partial charge in [0.1, 0.15) is 5.02 Å². The highest BCUT2D eigenvalue weighted by Gasteiger charge is 2.12. The van der Waals surface area contributed by atoms with Crippen molar-refractivity contribution in [2.24, 2.45) is 5.10 Å². The molecule has 2 rings (SSSR count). The van der Waals surface area contributed by atoms with E-state index in [-0.39, 0.29) is 23.2 Å². The van der Waals surface area contributed by atoms with Crippen molar-refractivity contribution >= 4 is 35.3 Å². The molecule has 0 unspecified atom stereocenters. The van der Waals surface area contributed by atoms with E-state index in [1.54, 1.807) is 24.3 Å². The Morgan fingerprint density at radius 1 is 1.23 bits per heavy atom. The molecule has 0 spiro atoms. The quantitative estimate of drug-likeness (QED) is 0.459. The molecule has 0 saturated heterocycles. The van der Waals surface area contributed by atoms with Gasteiger partial charge in [0, 0.05) is 17.2 Å². The molecule has 0 aliphatic heterocycles. The van der Waals surface area contributed by atoms with Crippen LogP contribution in [0.4, 0.5) is 5.69 Å². The first kappa shape index (κ1) is 19.1. The van der Waals surface area contributed by atoms with E-state index in [4.69, 9.17) is 11.6 Å². The van der Waals surface area contributed by atoms with Gasteiger partial charge in [-0.1, -0.05) is 35.4 Å². The molecule has 0 bridgehead atoms. The number of nitro groups is 1. The van der Waals surface area contributed by atoms with Crippen molar-refractivity contribution in [1.82, 2.24) is 10.7 Å².